The number of nitrogens with zero attached hydrogens (tertiary/aromatic N) is 7. The van der Waals surface area contributed by atoms with E-state index in [1.165, 1.54) is 13.2 Å². The van der Waals surface area contributed by atoms with Gasteiger partial charge in [-0.1, -0.05) is 73.2 Å². The van der Waals surface area contributed by atoms with Gasteiger partial charge in [0.1, 0.15) is 48.9 Å². The second kappa shape index (κ2) is 22.5. The largest absolute Gasteiger partial charge is 0.468 e. The van der Waals surface area contributed by atoms with E-state index < -0.39 is 33.4 Å². The van der Waals surface area contributed by atoms with Gasteiger partial charge < -0.3 is 33.5 Å². The predicted octanol–water partition coefficient (Wildman–Crippen LogP) is 11.9. The zero-order chi connectivity index (χ0) is 54.2. The molecule has 2 bridgehead atoms. The van der Waals surface area contributed by atoms with E-state index in [2.05, 4.69) is 82.4 Å². The molecule has 6 heterocycles. The molecule has 18 heteroatoms. The molecule has 2 amide bonds. The van der Waals surface area contributed by atoms with E-state index in [0.29, 0.717) is 89.2 Å². The Morgan fingerprint density at radius 2 is 1.60 bits per heavy atom. The standard InChI is InChI=1S/C57H81F2N7O7Si2/c1-37(2)75(38(3)4,39(5)6)27-19-44-47(58)18-15-40-29-43(72-36-69-10)30-45(48(40)44)50-49(59)51-46(31-60-50)52(65-32-41-16-17-42(33-65)66(41)55(68)73-56(7,8)9)62-53(61-51)70-25-24-63-23-21-57(34-63)20-14-22-64(35-57)54(67)71-26-28-74(11,12)13/h15,18,29-31,37-39,41-42H,14,16-17,20-26,28,32-36H2,1-13H3/t41-,42+,57-/m0/s1. The lowest BCUT2D eigenvalue weighted by Gasteiger charge is -2.42. The van der Waals surface area contributed by atoms with Crippen LogP contribution in [0.4, 0.5) is 24.2 Å². The van der Waals surface area contributed by atoms with Crippen molar-refractivity contribution >= 4 is 55.8 Å². The van der Waals surface area contributed by atoms with Gasteiger partial charge in [-0.15, -0.1) is 5.54 Å². The van der Waals surface area contributed by atoms with Crippen LogP contribution in [0.25, 0.3) is 32.9 Å². The van der Waals surface area contributed by atoms with Gasteiger partial charge in [0.2, 0.25) is 0 Å². The number of hydrogen-bond donors (Lipinski definition) is 0. The number of rotatable bonds is 15. The van der Waals surface area contributed by atoms with Gasteiger partial charge in [0.25, 0.3) is 0 Å². The number of ether oxygens (including phenoxy) is 5. The van der Waals surface area contributed by atoms with E-state index in [-0.39, 0.29) is 65.9 Å². The number of aromatic nitrogens is 3. The first kappa shape index (κ1) is 56.1. The van der Waals surface area contributed by atoms with Crippen LogP contribution in [0.2, 0.25) is 42.3 Å². The summed E-state index contributed by atoms with van der Waals surface area (Å²) in [4.78, 5) is 49.6. The third kappa shape index (κ3) is 12.2. The van der Waals surface area contributed by atoms with Gasteiger partial charge in [-0.05, 0) is 106 Å². The first-order valence-corrected chi connectivity index (χ1v) is 33.2. The molecule has 14 nitrogen and oxygen atoms in total. The van der Waals surface area contributed by atoms with Gasteiger partial charge in [0, 0.05) is 77.0 Å². The first-order chi connectivity index (χ1) is 35.4. The molecule has 8 rings (SSSR count). The number of carbonyl (C=O) groups excluding carboxylic acids is 2. The Hall–Kier alpha value is -5.10. The zero-order valence-corrected chi connectivity index (χ0v) is 48.8. The Kier molecular flexibility index (Phi) is 16.8. The summed E-state index contributed by atoms with van der Waals surface area (Å²) in [5.41, 5.74) is 4.32. The van der Waals surface area contributed by atoms with Crippen LogP contribution in [0.1, 0.15) is 100.0 Å². The average Bonchev–Trinajstić information content (AvgIpc) is 3.85. The van der Waals surface area contributed by atoms with Crippen LogP contribution in [0.15, 0.2) is 30.5 Å². The highest BCUT2D eigenvalue weighted by molar-refractivity contribution is 6.90. The summed E-state index contributed by atoms with van der Waals surface area (Å²) in [7, 11) is -2.15. The number of pyridine rings is 1. The number of piperidine rings is 1. The molecule has 2 aromatic carbocycles. The summed E-state index contributed by atoms with van der Waals surface area (Å²) in [6.45, 7) is 30.8. The molecule has 1 spiro atoms. The number of hydrogen-bond acceptors (Lipinski definition) is 12. The summed E-state index contributed by atoms with van der Waals surface area (Å²) in [6.07, 6.45) is 5.51. The highest BCUT2D eigenvalue weighted by atomic mass is 28.3. The summed E-state index contributed by atoms with van der Waals surface area (Å²) >= 11 is 0. The van der Waals surface area contributed by atoms with Crippen LogP contribution in [0.5, 0.6) is 11.8 Å². The van der Waals surface area contributed by atoms with Gasteiger partial charge in [-0.2, -0.15) is 9.97 Å². The van der Waals surface area contributed by atoms with Crippen molar-refractivity contribution in [3.63, 3.8) is 0 Å². The molecule has 4 fully saturated rings. The van der Waals surface area contributed by atoms with E-state index in [1.54, 1.807) is 24.4 Å². The molecule has 3 atom stereocenters. The molecule has 4 saturated heterocycles. The normalized spacial score (nSPS) is 20.5. The maximum atomic E-state index is 18.1. The Bertz CT molecular complexity index is 2780. The van der Waals surface area contributed by atoms with Crippen LogP contribution in [-0.2, 0) is 14.2 Å². The van der Waals surface area contributed by atoms with Gasteiger partial charge in [0.15, 0.2) is 12.6 Å². The van der Waals surface area contributed by atoms with Crippen molar-refractivity contribution in [1.82, 2.24) is 29.7 Å². The van der Waals surface area contributed by atoms with Crippen LogP contribution < -0.4 is 14.4 Å². The van der Waals surface area contributed by atoms with E-state index in [1.807, 2.05) is 30.6 Å². The maximum Gasteiger partial charge on any atom is 0.410 e. The number of benzene rings is 2. The van der Waals surface area contributed by atoms with Crippen molar-refractivity contribution in [2.24, 2.45) is 5.41 Å². The van der Waals surface area contributed by atoms with Crippen molar-refractivity contribution in [2.75, 3.05) is 77.8 Å². The Labute approximate surface area is 445 Å². The lowest BCUT2D eigenvalue weighted by Crippen LogP contribution is -2.57. The van der Waals surface area contributed by atoms with E-state index in [4.69, 9.17) is 38.6 Å². The molecule has 75 heavy (non-hydrogen) atoms. The maximum absolute atomic E-state index is 18.1. The minimum absolute atomic E-state index is 0.00581. The summed E-state index contributed by atoms with van der Waals surface area (Å²) in [5.74, 6) is 2.95. The highest BCUT2D eigenvalue weighted by Crippen LogP contribution is 2.44. The van der Waals surface area contributed by atoms with Gasteiger partial charge in [-0.3, -0.25) is 14.8 Å². The van der Waals surface area contributed by atoms with E-state index in [0.717, 1.165) is 51.2 Å². The Balaban J connectivity index is 1.16. The molecule has 0 saturated carbocycles. The summed E-state index contributed by atoms with van der Waals surface area (Å²) < 4.78 is 63.9. The number of likely N-dealkylation sites (tertiary alicyclic amines) is 2. The molecule has 0 unspecified atom stereocenters. The molecule has 4 aliphatic heterocycles. The Morgan fingerprint density at radius 1 is 0.893 bits per heavy atom. The van der Waals surface area contributed by atoms with E-state index in [9.17, 15) is 9.59 Å². The van der Waals surface area contributed by atoms with Crippen LogP contribution in [-0.4, -0.2) is 149 Å². The number of carbonyl (C=O) groups is 2. The quantitative estimate of drug-likeness (QED) is 0.0638. The summed E-state index contributed by atoms with van der Waals surface area (Å²) in [6, 6.07) is 7.14. The molecular weight excluding hydrogens is 989 g/mol. The minimum Gasteiger partial charge on any atom is -0.468 e. The minimum atomic E-state index is -2.34. The molecule has 0 aliphatic carbocycles. The Morgan fingerprint density at radius 3 is 2.25 bits per heavy atom. The second-order valence-electron chi connectivity index (χ2n) is 24.7. The molecular formula is C57H81F2N7O7Si2. The van der Waals surface area contributed by atoms with Crippen molar-refractivity contribution in [3.8, 4) is 34.5 Å². The molecule has 408 valence electrons. The molecule has 2 aromatic heterocycles. The third-order valence-corrected chi connectivity index (χ3v) is 24.1. The van der Waals surface area contributed by atoms with Crippen molar-refractivity contribution < 1.29 is 42.1 Å². The summed E-state index contributed by atoms with van der Waals surface area (Å²) in [5, 5.41) is 1.39. The van der Waals surface area contributed by atoms with Crippen molar-refractivity contribution in [1.29, 1.82) is 0 Å². The fourth-order valence-electron chi connectivity index (χ4n) is 12.5. The van der Waals surface area contributed by atoms with E-state index >= 15 is 8.78 Å². The van der Waals surface area contributed by atoms with Gasteiger partial charge in [0.05, 0.1) is 29.6 Å². The zero-order valence-electron chi connectivity index (χ0n) is 46.8. The number of anilines is 1. The third-order valence-electron chi connectivity index (χ3n) is 16.1. The smallest absolute Gasteiger partial charge is 0.410 e. The van der Waals surface area contributed by atoms with Crippen LogP contribution >= 0.6 is 0 Å². The monoisotopic (exact) mass is 1070 g/mol. The van der Waals surface area contributed by atoms with Crippen molar-refractivity contribution in [2.45, 2.75) is 154 Å². The van der Waals surface area contributed by atoms with Crippen LogP contribution in [0.3, 0.4) is 0 Å². The van der Waals surface area contributed by atoms with Crippen molar-refractivity contribution in [3.05, 3.63) is 47.7 Å². The second-order valence-corrected chi connectivity index (χ2v) is 35.9. The molecule has 0 N–H and O–H groups in total. The highest BCUT2D eigenvalue weighted by Gasteiger charge is 2.46. The predicted molar refractivity (Wildman–Crippen MR) is 297 cm³/mol. The molecule has 0 radical (unpaired) electrons. The molecule has 4 aromatic rings. The fraction of sp³-hybridized carbons (Fsp3) is 0.632. The number of halogens is 2. The van der Waals surface area contributed by atoms with Crippen LogP contribution in [0, 0.1) is 28.5 Å². The topological polar surface area (TPSA) is 132 Å². The molecule has 4 aliphatic rings. The lowest BCUT2D eigenvalue weighted by molar-refractivity contribution is 0.0122. The fourth-order valence-corrected chi connectivity index (χ4v) is 18.4. The first-order valence-electron chi connectivity index (χ1n) is 27.2. The number of piperazine rings is 1. The van der Waals surface area contributed by atoms with Gasteiger partial charge in [-0.25, -0.2) is 18.4 Å². The SMILES string of the molecule is COCOc1cc(-c2ncc3c(N4C[C@H]5CC[C@@H](C4)N5C(=O)OC(C)(C)C)nc(OCCN4CC[C@@]5(CCCN(C(=O)OCC[Si](C)(C)C)C5)C4)nc3c2F)c2c(C#C[Si](C(C)C)(C(C)C)C(C)C)c(F)ccc2c1. The number of amides is 2. The number of fused-ring (bicyclic) bond motifs is 4. The lowest BCUT2D eigenvalue weighted by atomic mass is 9.79. The van der Waals surface area contributed by atoms with Gasteiger partial charge >= 0.3 is 18.2 Å². The average molecular weight is 1070 g/mol. The number of methoxy groups -OCH3 is 1.